The van der Waals surface area contributed by atoms with Crippen LogP contribution in [-0.4, -0.2) is 63.7 Å². The summed E-state index contributed by atoms with van der Waals surface area (Å²) in [7, 11) is -9.14. The van der Waals surface area contributed by atoms with Crippen LogP contribution in [-0.2, 0) is 33.1 Å². The smallest absolute Gasteiger partial charge is 0.744 e. The Morgan fingerprint density at radius 2 is 0.764 bits per heavy atom. The van der Waals surface area contributed by atoms with Gasteiger partial charge in [0.25, 0.3) is 0 Å². The minimum absolute atomic E-state index is 0. The van der Waals surface area contributed by atoms with Gasteiger partial charge in [-0.05, 0) is 85.3 Å². The van der Waals surface area contributed by atoms with Crippen LogP contribution in [0.3, 0.4) is 0 Å². The van der Waals surface area contributed by atoms with E-state index in [1.54, 1.807) is 24.3 Å². The summed E-state index contributed by atoms with van der Waals surface area (Å²) in [6.45, 7) is 4.46. The zero-order valence-corrected chi connectivity index (χ0v) is 36.6. The summed E-state index contributed by atoms with van der Waals surface area (Å²) in [5.41, 5.74) is 2.31. The average molecular weight is 819 g/mol. The van der Waals surface area contributed by atoms with Gasteiger partial charge >= 0.3 is 37.7 Å². The Bertz CT molecular complexity index is 1740. The van der Waals surface area contributed by atoms with E-state index in [-0.39, 0.29) is 59.0 Å². The molecule has 0 saturated heterocycles. The van der Waals surface area contributed by atoms with E-state index in [9.17, 15) is 25.9 Å². The predicted molar refractivity (Wildman–Crippen MR) is 220 cm³/mol. The standard InChI is InChI=1S/2C22H30O4S.Ca/c2*1-2-3-4-5-6-7-8-9-13-19-14-12-15-20(18-19)26-21-16-10-11-17-22(21)27(23,24)25;/h2*10-12,14-18H,2-9,13H2,1H3,(H,23,24,25);/q;;+2/p-2. The van der Waals surface area contributed by atoms with Gasteiger partial charge in [-0.25, -0.2) is 16.8 Å². The van der Waals surface area contributed by atoms with Crippen LogP contribution in [0.25, 0.3) is 0 Å². The fourth-order valence-corrected chi connectivity index (χ4v) is 7.39. The van der Waals surface area contributed by atoms with Gasteiger partial charge in [-0.3, -0.25) is 0 Å². The van der Waals surface area contributed by atoms with Gasteiger partial charge in [0, 0.05) is 0 Å². The Morgan fingerprint density at radius 1 is 0.436 bits per heavy atom. The van der Waals surface area contributed by atoms with Crippen molar-refractivity contribution in [2.45, 2.75) is 139 Å². The Balaban J connectivity index is 0.000000373. The van der Waals surface area contributed by atoms with E-state index in [4.69, 9.17) is 9.47 Å². The van der Waals surface area contributed by atoms with Gasteiger partial charge in [0.15, 0.2) is 0 Å². The van der Waals surface area contributed by atoms with Gasteiger partial charge in [0.1, 0.15) is 43.2 Å². The van der Waals surface area contributed by atoms with Gasteiger partial charge in [0.05, 0.1) is 9.79 Å². The molecule has 0 aliphatic rings. The van der Waals surface area contributed by atoms with Crippen molar-refractivity contribution in [3.63, 3.8) is 0 Å². The number of ether oxygens (including phenoxy) is 2. The van der Waals surface area contributed by atoms with Gasteiger partial charge < -0.3 is 18.6 Å². The molecular formula is C44H58CaO8S2. The maximum atomic E-state index is 11.4. The molecule has 0 heterocycles. The van der Waals surface area contributed by atoms with E-state index in [0.29, 0.717) is 11.5 Å². The monoisotopic (exact) mass is 818 g/mol. The van der Waals surface area contributed by atoms with E-state index < -0.39 is 20.2 Å². The zero-order chi connectivity index (χ0) is 39.1. The van der Waals surface area contributed by atoms with E-state index in [1.165, 1.54) is 126 Å². The average Bonchev–Trinajstić information content (AvgIpc) is 3.14. The van der Waals surface area contributed by atoms with Crippen LogP contribution in [0.2, 0.25) is 0 Å². The Kier molecular flexibility index (Phi) is 24.1. The molecule has 0 unspecified atom stereocenters. The first-order valence-corrected chi connectivity index (χ1v) is 22.5. The molecule has 0 amide bonds. The van der Waals surface area contributed by atoms with Crippen LogP contribution in [0.15, 0.2) is 107 Å². The maximum absolute atomic E-state index is 11.4. The van der Waals surface area contributed by atoms with Crippen LogP contribution in [0.1, 0.15) is 128 Å². The van der Waals surface area contributed by atoms with Crippen molar-refractivity contribution in [1.82, 2.24) is 0 Å². The maximum Gasteiger partial charge on any atom is 2.00 e. The van der Waals surface area contributed by atoms with Crippen LogP contribution < -0.4 is 9.47 Å². The molecule has 0 bridgehead atoms. The Labute approximate surface area is 361 Å². The fourth-order valence-electron chi connectivity index (χ4n) is 6.19. The van der Waals surface area contributed by atoms with Crippen molar-refractivity contribution < 1.29 is 35.4 Å². The molecule has 296 valence electrons. The molecule has 11 heteroatoms. The van der Waals surface area contributed by atoms with E-state index >= 15 is 0 Å². The van der Waals surface area contributed by atoms with Gasteiger partial charge in [-0.1, -0.05) is 152 Å². The summed E-state index contributed by atoms with van der Waals surface area (Å²) in [5, 5.41) is 0. The first kappa shape index (κ1) is 48.7. The minimum atomic E-state index is -4.57. The second-order valence-electron chi connectivity index (χ2n) is 13.8. The summed E-state index contributed by atoms with van der Waals surface area (Å²) in [6, 6.07) is 27.1. The van der Waals surface area contributed by atoms with E-state index in [0.717, 1.165) is 36.8 Å². The zero-order valence-electron chi connectivity index (χ0n) is 32.8. The molecule has 4 aromatic rings. The van der Waals surface area contributed by atoms with Crippen molar-refractivity contribution in [2.24, 2.45) is 0 Å². The van der Waals surface area contributed by atoms with Crippen molar-refractivity contribution in [3.05, 3.63) is 108 Å². The van der Waals surface area contributed by atoms with E-state index in [2.05, 4.69) is 13.8 Å². The molecule has 0 saturated carbocycles. The molecule has 55 heavy (non-hydrogen) atoms. The third-order valence-corrected chi connectivity index (χ3v) is 10.9. The van der Waals surface area contributed by atoms with Crippen LogP contribution in [0.5, 0.6) is 23.0 Å². The minimum Gasteiger partial charge on any atom is -0.744 e. The number of benzene rings is 4. The largest absolute Gasteiger partial charge is 2.00 e. The molecule has 4 rings (SSSR count). The summed E-state index contributed by atoms with van der Waals surface area (Å²) < 4.78 is 79.5. The van der Waals surface area contributed by atoms with Gasteiger partial charge in [-0.2, -0.15) is 0 Å². The van der Waals surface area contributed by atoms with Crippen LogP contribution in [0, 0.1) is 0 Å². The molecule has 0 aromatic heterocycles. The van der Waals surface area contributed by atoms with Crippen molar-refractivity contribution in [3.8, 4) is 23.0 Å². The van der Waals surface area contributed by atoms with Crippen molar-refractivity contribution in [2.75, 3.05) is 0 Å². The molecular weight excluding hydrogens is 761 g/mol. The summed E-state index contributed by atoms with van der Waals surface area (Å²) in [6.07, 6.45) is 22.4. The number of hydrogen-bond donors (Lipinski definition) is 0. The Hall–Kier alpha value is -2.44. The normalized spacial score (nSPS) is 11.3. The summed E-state index contributed by atoms with van der Waals surface area (Å²) in [4.78, 5) is -0.669. The molecule has 0 fully saturated rings. The molecule has 0 N–H and O–H groups in total. The summed E-state index contributed by atoms with van der Waals surface area (Å²) >= 11 is 0. The Morgan fingerprint density at radius 3 is 1.11 bits per heavy atom. The summed E-state index contributed by atoms with van der Waals surface area (Å²) in [5.74, 6) is 1.22. The van der Waals surface area contributed by atoms with E-state index in [1.807, 2.05) is 36.4 Å². The van der Waals surface area contributed by atoms with Crippen molar-refractivity contribution >= 4 is 58.0 Å². The van der Waals surface area contributed by atoms with Crippen LogP contribution in [0.4, 0.5) is 0 Å². The molecule has 0 atom stereocenters. The number of unbranched alkanes of at least 4 members (excludes halogenated alkanes) is 14. The second-order valence-corrected chi connectivity index (χ2v) is 16.4. The first-order valence-electron chi connectivity index (χ1n) is 19.6. The number of aryl methyl sites for hydroxylation is 2. The third-order valence-electron chi connectivity index (χ3n) is 9.13. The third kappa shape index (κ3) is 20.0. The first-order chi connectivity index (χ1) is 26.0. The van der Waals surface area contributed by atoms with Crippen LogP contribution >= 0.6 is 0 Å². The molecule has 4 aromatic carbocycles. The predicted octanol–water partition coefficient (Wildman–Crippen LogP) is 11.8. The SMILES string of the molecule is CCCCCCCCCCc1cccc(Oc2ccccc2S(=O)(=O)[O-])c1.CCCCCCCCCCc1cccc(Oc2ccccc2S(=O)(=O)[O-])c1.[Ca+2]. The molecule has 0 spiro atoms. The molecule has 0 aliphatic carbocycles. The van der Waals surface area contributed by atoms with Gasteiger partial charge in [0.2, 0.25) is 0 Å². The number of hydrogen-bond acceptors (Lipinski definition) is 8. The fraction of sp³-hybridized carbons (Fsp3) is 0.455. The molecule has 8 nitrogen and oxygen atoms in total. The molecule has 0 aliphatic heterocycles. The number of para-hydroxylation sites is 2. The van der Waals surface area contributed by atoms with Gasteiger partial charge in [-0.15, -0.1) is 0 Å². The second kappa shape index (κ2) is 27.2. The quantitative estimate of drug-likeness (QED) is 0.0388. The number of rotatable bonds is 24. The molecule has 0 radical (unpaired) electrons. The topological polar surface area (TPSA) is 133 Å². The van der Waals surface area contributed by atoms with Crippen molar-refractivity contribution in [1.29, 1.82) is 0 Å².